The molecule has 0 fully saturated rings. The van der Waals surface area contributed by atoms with E-state index in [-0.39, 0.29) is 17.2 Å². The summed E-state index contributed by atoms with van der Waals surface area (Å²) in [7, 11) is 0. The predicted molar refractivity (Wildman–Crippen MR) is 74.6 cm³/mol. The van der Waals surface area contributed by atoms with E-state index in [1.807, 2.05) is 0 Å². The molecular formula is C15H11NO4. The number of allylic oxidation sites excluding steroid dienone is 1. The van der Waals surface area contributed by atoms with E-state index in [4.69, 9.17) is 0 Å². The lowest BCUT2D eigenvalue weighted by Crippen LogP contribution is -1.95. The molecule has 0 aliphatic rings. The molecule has 0 aromatic heterocycles. The summed E-state index contributed by atoms with van der Waals surface area (Å²) in [6, 6.07) is 11.9. The number of nitro benzene ring substituents is 1. The molecule has 0 saturated carbocycles. The molecule has 100 valence electrons. The number of hydrogen-bond donors (Lipinski definition) is 1. The number of hydrogen-bond acceptors (Lipinski definition) is 4. The number of phenolic OH excluding ortho intramolecular Hbond substituents is 1. The normalized spacial score (nSPS) is 10.6. The highest BCUT2D eigenvalue weighted by atomic mass is 16.6. The van der Waals surface area contributed by atoms with Crippen LogP contribution in [0.2, 0.25) is 0 Å². The molecule has 0 radical (unpaired) electrons. The summed E-state index contributed by atoms with van der Waals surface area (Å²) in [6.07, 6.45) is 2.93. The van der Waals surface area contributed by atoms with E-state index < -0.39 is 4.92 Å². The van der Waals surface area contributed by atoms with Crippen molar-refractivity contribution >= 4 is 17.5 Å². The van der Waals surface area contributed by atoms with Crippen LogP contribution in [0, 0.1) is 10.1 Å². The minimum absolute atomic E-state index is 0.0569. The molecule has 0 saturated heterocycles. The van der Waals surface area contributed by atoms with Gasteiger partial charge in [0, 0.05) is 17.7 Å². The van der Waals surface area contributed by atoms with E-state index in [0.29, 0.717) is 11.1 Å². The van der Waals surface area contributed by atoms with Gasteiger partial charge in [-0.15, -0.1) is 0 Å². The van der Waals surface area contributed by atoms with Crippen LogP contribution < -0.4 is 0 Å². The SMILES string of the molecule is O=C(C=Cc1cccc(O)c1)c1ccc([N+](=O)[O-])cc1. The summed E-state index contributed by atoms with van der Waals surface area (Å²) in [5.74, 6) is -0.141. The standard InChI is InChI=1S/C15H11NO4/c17-14-3-1-2-11(10-14)4-9-15(18)12-5-7-13(8-6-12)16(19)20/h1-10,17H. The van der Waals surface area contributed by atoms with Crippen LogP contribution in [0.25, 0.3) is 6.08 Å². The minimum atomic E-state index is -0.517. The minimum Gasteiger partial charge on any atom is -0.508 e. The summed E-state index contributed by atoms with van der Waals surface area (Å²) < 4.78 is 0. The van der Waals surface area contributed by atoms with E-state index >= 15 is 0 Å². The molecule has 0 bridgehead atoms. The van der Waals surface area contributed by atoms with Crippen LogP contribution >= 0.6 is 0 Å². The van der Waals surface area contributed by atoms with Crippen molar-refractivity contribution in [1.29, 1.82) is 0 Å². The summed E-state index contributed by atoms with van der Waals surface area (Å²) in [6.45, 7) is 0. The molecular weight excluding hydrogens is 258 g/mol. The smallest absolute Gasteiger partial charge is 0.269 e. The lowest BCUT2D eigenvalue weighted by Gasteiger charge is -1.97. The Morgan fingerprint density at radius 1 is 1.15 bits per heavy atom. The summed E-state index contributed by atoms with van der Waals surface area (Å²) >= 11 is 0. The van der Waals surface area contributed by atoms with Gasteiger partial charge >= 0.3 is 0 Å². The van der Waals surface area contributed by atoms with Crippen LogP contribution in [0.15, 0.2) is 54.6 Å². The van der Waals surface area contributed by atoms with Gasteiger partial charge in [0.1, 0.15) is 5.75 Å². The first kappa shape index (κ1) is 13.5. The molecule has 0 unspecified atom stereocenters. The second-order valence-electron chi connectivity index (χ2n) is 4.10. The molecule has 0 atom stereocenters. The zero-order valence-corrected chi connectivity index (χ0v) is 10.4. The van der Waals surface area contributed by atoms with Crippen molar-refractivity contribution in [2.45, 2.75) is 0 Å². The highest BCUT2D eigenvalue weighted by Gasteiger charge is 2.07. The third-order valence-electron chi connectivity index (χ3n) is 2.66. The maximum Gasteiger partial charge on any atom is 0.269 e. The van der Waals surface area contributed by atoms with Gasteiger partial charge in [0.05, 0.1) is 4.92 Å². The largest absolute Gasteiger partial charge is 0.508 e. The van der Waals surface area contributed by atoms with Crippen LogP contribution in [0.4, 0.5) is 5.69 Å². The number of ketones is 1. The van der Waals surface area contributed by atoms with Crippen LogP contribution in [0.1, 0.15) is 15.9 Å². The number of nitro groups is 1. The van der Waals surface area contributed by atoms with Crippen LogP contribution in [0.3, 0.4) is 0 Å². The number of aromatic hydroxyl groups is 1. The second-order valence-corrected chi connectivity index (χ2v) is 4.10. The van der Waals surface area contributed by atoms with Crippen molar-refractivity contribution in [2.24, 2.45) is 0 Å². The molecule has 5 heteroatoms. The molecule has 0 amide bonds. The zero-order chi connectivity index (χ0) is 14.5. The monoisotopic (exact) mass is 269 g/mol. The number of rotatable bonds is 4. The topological polar surface area (TPSA) is 80.4 Å². The van der Waals surface area contributed by atoms with E-state index in [1.54, 1.807) is 18.2 Å². The first-order valence-corrected chi connectivity index (χ1v) is 5.82. The fourth-order valence-corrected chi connectivity index (χ4v) is 1.64. The van der Waals surface area contributed by atoms with Gasteiger partial charge in [0.25, 0.3) is 5.69 Å². The Kier molecular flexibility index (Phi) is 3.91. The fourth-order valence-electron chi connectivity index (χ4n) is 1.64. The molecule has 0 spiro atoms. The average molecular weight is 269 g/mol. The molecule has 0 aliphatic carbocycles. The third-order valence-corrected chi connectivity index (χ3v) is 2.66. The Morgan fingerprint density at radius 2 is 1.85 bits per heavy atom. The molecule has 2 aromatic carbocycles. The molecule has 2 aromatic rings. The Balaban J connectivity index is 2.13. The van der Waals surface area contributed by atoms with Crippen LogP contribution in [0.5, 0.6) is 5.75 Å². The van der Waals surface area contributed by atoms with Gasteiger partial charge in [0.15, 0.2) is 5.78 Å². The molecule has 1 N–H and O–H groups in total. The number of benzene rings is 2. The molecule has 0 aliphatic heterocycles. The van der Waals surface area contributed by atoms with E-state index in [1.165, 1.54) is 42.5 Å². The number of carbonyl (C=O) groups is 1. The maximum absolute atomic E-state index is 11.9. The third kappa shape index (κ3) is 3.29. The fraction of sp³-hybridized carbons (Fsp3) is 0. The quantitative estimate of drug-likeness (QED) is 0.400. The molecule has 5 nitrogen and oxygen atoms in total. The van der Waals surface area contributed by atoms with Crippen molar-refractivity contribution in [3.05, 3.63) is 75.8 Å². The van der Waals surface area contributed by atoms with Gasteiger partial charge in [-0.1, -0.05) is 18.2 Å². The summed E-state index contributed by atoms with van der Waals surface area (Å²) in [4.78, 5) is 21.9. The van der Waals surface area contributed by atoms with Crippen molar-refractivity contribution < 1.29 is 14.8 Å². The van der Waals surface area contributed by atoms with E-state index in [9.17, 15) is 20.0 Å². The average Bonchev–Trinajstić information content (AvgIpc) is 2.45. The summed E-state index contributed by atoms with van der Waals surface area (Å²) in [5, 5.41) is 19.8. The van der Waals surface area contributed by atoms with Gasteiger partial charge in [-0.25, -0.2) is 0 Å². The Hall–Kier alpha value is -2.95. The van der Waals surface area contributed by atoms with Crippen LogP contribution in [-0.2, 0) is 0 Å². The van der Waals surface area contributed by atoms with Gasteiger partial charge < -0.3 is 5.11 Å². The Bertz CT molecular complexity index is 675. The Morgan fingerprint density at radius 3 is 2.45 bits per heavy atom. The molecule has 2 rings (SSSR count). The maximum atomic E-state index is 11.9. The van der Waals surface area contributed by atoms with E-state index in [2.05, 4.69) is 0 Å². The van der Waals surface area contributed by atoms with Gasteiger partial charge in [0.2, 0.25) is 0 Å². The van der Waals surface area contributed by atoms with Crippen molar-refractivity contribution in [3.63, 3.8) is 0 Å². The van der Waals surface area contributed by atoms with Crippen LogP contribution in [-0.4, -0.2) is 15.8 Å². The molecule has 0 heterocycles. The number of phenols is 1. The predicted octanol–water partition coefficient (Wildman–Crippen LogP) is 3.20. The second kappa shape index (κ2) is 5.79. The van der Waals surface area contributed by atoms with Crippen molar-refractivity contribution in [3.8, 4) is 5.75 Å². The van der Waals surface area contributed by atoms with E-state index in [0.717, 1.165) is 0 Å². The molecule has 20 heavy (non-hydrogen) atoms. The lowest BCUT2D eigenvalue weighted by atomic mass is 10.1. The van der Waals surface area contributed by atoms with Gasteiger partial charge in [-0.3, -0.25) is 14.9 Å². The summed E-state index contributed by atoms with van der Waals surface area (Å²) in [5.41, 5.74) is 1.01. The van der Waals surface area contributed by atoms with Gasteiger partial charge in [-0.05, 0) is 35.9 Å². The van der Waals surface area contributed by atoms with Crippen molar-refractivity contribution in [2.75, 3.05) is 0 Å². The highest BCUT2D eigenvalue weighted by Crippen LogP contribution is 2.15. The van der Waals surface area contributed by atoms with Crippen molar-refractivity contribution in [1.82, 2.24) is 0 Å². The number of carbonyl (C=O) groups excluding carboxylic acids is 1. The first-order valence-electron chi connectivity index (χ1n) is 5.82. The highest BCUT2D eigenvalue weighted by molar-refractivity contribution is 6.06. The lowest BCUT2D eigenvalue weighted by molar-refractivity contribution is -0.384. The first-order chi connectivity index (χ1) is 9.56. The number of non-ortho nitro benzene ring substituents is 1. The van der Waals surface area contributed by atoms with Gasteiger partial charge in [-0.2, -0.15) is 0 Å². The Labute approximate surface area is 115 Å². The zero-order valence-electron chi connectivity index (χ0n) is 10.4. The number of nitrogens with zero attached hydrogens (tertiary/aromatic N) is 1.